The fourth-order valence-corrected chi connectivity index (χ4v) is 8.08. The van der Waals surface area contributed by atoms with Crippen molar-refractivity contribution in [3.05, 3.63) is 36.4 Å². The van der Waals surface area contributed by atoms with Gasteiger partial charge < -0.3 is 14.0 Å². The molecule has 0 amide bonds. The summed E-state index contributed by atoms with van der Waals surface area (Å²) in [5.74, 6) is 0.703. The molecule has 0 aliphatic rings. The molecule has 1 aromatic carbocycles. The Hall–Kier alpha value is -1.05. The number of allylic oxidation sites excluding steroid dienone is 1. The van der Waals surface area contributed by atoms with Gasteiger partial charge in [-0.15, -0.1) is 6.58 Å². The topological polar surface area (TPSA) is 38.7 Å². The van der Waals surface area contributed by atoms with Gasteiger partial charge in [-0.1, -0.05) is 12.1 Å². The van der Waals surface area contributed by atoms with E-state index in [1.54, 1.807) is 13.2 Å². The summed E-state index contributed by atoms with van der Waals surface area (Å²) in [4.78, 5) is 0. The van der Waals surface area contributed by atoms with Gasteiger partial charge in [-0.25, -0.2) is 0 Å². The molecular formula is C14H23O3Si2. The molecule has 1 N–H and O–H groups in total. The second-order valence-corrected chi connectivity index (χ2v) is 11.7. The van der Waals surface area contributed by atoms with Gasteiger partial charge >= 0.3 is 0 Å². The van der Waals surface area contributed by atoms with Crippen LogP contribution in [0, 0.1) is 0 Å². The molecule has 0 heterocycles. The molecule has 0 bridgehead atoms. The number of phenols is 1. The summed E-state index contributed by atoms with van der Waals surface area (Å²) in [7, 11) is -0.950. The summed E-state index contributed by atoms with van der Waals surface area (Å²) in [5.41, 5.74) is 1.15. The molecule has 0 saturated heterocycles. The van der Waals surface area contributed by atoms with Gasteiger partial charge in [0.15, 0.2) is 28.9 Å². The van der Waals surface area contributed by atoms with Crippen LogP contribution in [0.25, 0.3) is 0 Å². The van der Waals surface area contributed by atoms with E-state index in [-0.39, 0.29) is 5.75 Å². The van der Waals surface area contributed by atoms with Crippen molar-refractivity contribution in [1.29, 1.82) is 0 Å². The average Bonchev–Trinajstić information content (AvgIpc) is 2.30. The van der Waals surface area contributed by atoms with Crippen LogP contribution in [0.3, 0.4) is 0 Å². The van der Waals surface area contributed by atoms with Crippen LogP contribution in [-0.4, -0.2) is 29.6 Å². The van der Waals surface area contributed by atoms with Crippen molar-refractivity contribution in [2.45, 2.75) is 31.7 Å². The first-order valence-electron chi connectivity index (χ1n) is 6.36. The van der Waals surface area contributed by atoms with Crippen molar-refractivity contribution in [2.75, 3.05) is 7.11 Å². The molecule has 0 spiro atoms. The quantitative estimate of drug-likeness (QED) is 0.618. The summed E-state index contributed by atoms with van der Waals surface area (Å²) in [5, 5.41) is 9.60. The molecule has 5 heteroatoms. The number of ether oxygens (including phenoxy) is 1. The maximum Gasteiger partial charge on any atom is 0.198 e. The Balaban J connectivity index is 2.74. The fourth-order valence-electron chi connectivity index (χ4n) is 2.08. The summed E-state index contributed by atoms with van der Waals surface area (Å²) < 4.78 is 11.4. The second-order valence-electron chi connectivity index (χ2n) is 5.24. The minimum Gasteiger partial charge on any atom is -0.504 e. The number of aromatic hydroxyl groups is 1. The number of benzene rings is 1. The second kappa shape index (κ2) is 6.93. The molecule has 1 rings (SSSR count). The van der Waals surface area contributed by atoms with E-state index in [1.165, 1.54) is 0 Å². The maximum atomic E-state index is 9.60. The summed E-state index contributed by atoms with van der Waals surface area (Å²) in [6.07, 6.45) is 1.93. The molecule has 0 unspecified atom stereocenters. The lowest BCUT2D eigenvalue weighted by Crippen LogP contribution is -2.39. The molecule has 105 valence electrons. The number of hydrogen-bond donors (Lipinski definition) is 1. The first-order chi connectivity index (χ1) is 8.88. The van der Waals surface area contributed by atoms with Crippen LogP contribution in [0.4, 0.5) is 0 Å². The van der Waals surface area contributed by atoms with Gasteiger partial charge in [-0.05, 0) is 49.4 Å². The van der Waals surface area contributed by atoms with Crippen LogP contribution in [0.1, 0.15) is 5.56 Å². The van der Waals surface area contributed by atoms with Gasteiger partial charge in [-0.3, -0.25) is 0 Å². The van der Waals surface area contributed by atoms with E-state index < -0.39 is 17.4 Å². The molecule has 0 fully saturated rings. The Bertz CT molecular complexity index is 433. The van der Waals surface area contributed by atoms with E-state index in [0.717, 1.165) is 17.7 Å². The van der Waals surface area contributed by atoms with Gasteiger partial charge in [0.1, 0.15) is 0 Å². The predicted octanol–water partition coefficient (Wildman–Crippen LogP) is 3.51. The lowest BCUT2D eigenvalue weighted by molar-refractivity contribution is 0.373. The maximum absolute atomic E-state index is 9.60. The Morgan fingerprint density at radius 3 is 2.68 bits per heavy atom. The largest absolute Gasteiger partial charge is 0.504 e. The van der Waals surface area contributed by atoms with Crippen molar-refractivity contribution in [1.82, 2.24) is 0 Å². The highest BCUT2D eigenvalue weighted by Crippen LogP contribution is 2.28. The van der Waals surface area contributed by atoms with Crippen molar-refractivity contribution in [3.63, 3.8) is 0 Å². The Morgan fingerprint density at radius 2 is 2.11 bits per heavy atom. The lowest BCUT2D eigenvalue weighted by atomic mass is 10.2. The number of phenolic OH excluding ortho intramolecular Hbond substituents is 1. The third kappa shape index (κ3) is 5.22. The molecule has 3 nitrogen and oxygen atoms in total. The van der Waals surface area contributed by atoms with Gasteiger partial charge in [0.05, 0.1) is 7.11 Å². The van der Waals surface area contributed by atoms with E-state index in [9.17, 15) is 5.11 Å². The van der Waals surface area contributed by atoms with Gasteiger partial charge in [0.2, 0.25) is 0 Å². The van der Waals surface area contributed by atoms with Gasteiger partial charge in [0.25, 0.3) is 0 Å². The third-order valence-corrected chi connectivity index (χ3v) is 8.48. The van der Waals surface area contributed by atoms with Gasteiger partial charge in [0, 0.05) is 0 Å². The lowest BCUT2D eigenvalue weighted by Gasteiger charge is -2.26. The standard InChI is InChI=1S/C14H23O3Si2/c1-6-9-18(3)17-19(4,5)11-12-7-8-13(15)14(10-12)16-2/h6-8,10,15H,1,9,11H2,2-5H3. The number of rotatable bonds is 7. The molecular weight excluding hydrogens is 272 g/mol. The summed E-state index contributed by atoms with van der Waals surface area (Å²) in [6.45, 7) is 10.4. The van der Waals surface area contributed by atoms with Crippen molar-refractivity contribution < 1.29 is 14.0 Å². The fraction of sp³-hybridized carbons (Fsp3) is 0.429. The van der Waals surface area contributed by atoms with Crippen molar-refractivity contribution in [3.8, 4) is 11.5 Å². The van der Waals surface area contributed by atoms with Crippen LogP contribution >= 0.6 is 0 Å². The van der Waals surface area contributed by atoms with Gasteiger partial charge in [-0.2, -0.15) is 0 Å². The third-order valence-electron chi connectivity index (χ3n) is 2.76. The van der Waals surface area contributed by atoms with E-state index in [0.29, 0.717) is 5.75 Å². The molecule has 1 radical (unpaired) electrons. The smallest absolute Gasteiger partial charge is 0.198 e. The monoisotopic (exact) mass is 295 g/mol. The number of methoxy groups -OCH3 is 1. The molecule has 1 aromatic rings. The summed E-state index contributed by atoms with van der Waals surface area (Å²) in [6, 6.07) is 7.40. The zero-order valence-corrected chi connectivity index (χ0v) is 14.2. The minimum absolute atomic E-state index is 0.179. The van der Waals surface area contributed by atoms with Crippen LogP contribution in [0.5, 0.6) is 11.5 Å². The molecule has 0 atom stereocenters. The van der Waals surface area contributed by atoms with E-state index in [4.69, 9.17) is 8.85 Å². The minimum atomic E-state index is -1.74. The SMILES string of the molecule is C=CC[Si](C)O[Si](C)(C)Cc1ccc(O)c(OC)c1. The first kappa shape index (κ1) is 16.0. The zero-order chi connectivity index (χ0) is 14.5. The normalized spacial score (nSPS) is 11.6. The Kier molecular flexibility index (Phi) is 5.84. The predicted molar refractivity (Wildman–Crippen MR) is 83.6 cm³/mol. The van der Waals surface area contributed by atoms with Crippen LogP contribution in [-0.2, 0) is 10.2 Å². The molecule has 0 aliphatic carbocycles. The molecule has 19 heavy (non-hydrogen) atoms. The first-order valence-corrected chi connectivity index (χ1v) is 11.6. The van der Waals surface area contributed by atoms with Crippen molar-refractivity contribution >= 4 is 17.4 Å². The molecule has 0 aliphatic heterocycles. The van der Waals surface area contributed by atoms with E-state index in [2.05, 4.69) is 26.2 Å². The highest BCUT2D eigenvalue weighted by molar-refractivity contribution is 6.77. The van der Waals surface area contributed by atoms with Crippen LogP contribution in [0.2, 0.25) is 25.7 Å². The van der Waals surface area contributed by atoms with E-state index >= 15 is 0 Å². The highest BCUT2D eigenvalue weighted by Gasteiger charge is 2.26. The van der Waals surface area contributed by atoms with Crippen LogP contribution in [0.15, 0.2) is 30.9 Å². The average molecular weight is 296 g/mol. The molecule has 0 aromatic heterocycles. The van der Waals surface area contributed by atoms with Crippen molar-refractivity contribution in [2.24, 2.45) is 0 Å². The highest BCUT2D eigenvalue weighted by atomic mass is 28.4. The Labute approximate surface area is 118 Å². The Morgan fingerprint density at radius 1 is 1.42 bits per heavy atom. The zero-order valence-electron chi connectivity index (χ0n) is 12.2. The van der Waals surface area contributed by atoms with E-state index in [1.807, 2.05) is 18.2 Å². The van der Waals surface area contributed by atoms with Crippen LogP contribution < -0.4 is 4.74 Å². The summed E-state index contributed by atoms with van der Waals surface area (Å²) >= 11 is 0. The molecule has 0 saturated carbocycles. The number of hydrogen-bond acceptors (Lipinski definition) is 3.